The van der Waals surface area contributed by atoms with Crippen LogP contribution in [-0.2, 0) is 0 Å². The van der Waals surface area contributed by atoms with E-state index in [9.17, 15) is 0 Å². The number of halogens is 2. The van der Waals surface area contributed by atoms with Gasteiger partial charge in [-0.05, 0) is 62.3 Å². The highest BCUT2D eigenvalue weighted by molar-refractivity contribution is 9.13. The molecule has 2 rings (SSSR count). The van der Waals surface area contributed by atoms with Gasteiger partial charge in [-0.1, -0.05) is 13.0 Å². The molecule has 2 aromatic rings. The lowest BCUT2D eigenvalue weighted by atomic mass is 10.2. The van der Waals surface area contributed by atoms with Crippen LogP contribution in [0.15, 0.2) is 31.8 Å². The largest absolute Gasteiger partial charge is 0.305 e. The highest BCUT2D eigenvalue weighted by atomic mass is 79.9. The van der Waals surface area contributed by atoms with E-state index in [1.54, 1.807) is 22.7 Å². The van der Waals surface area contributed by atoms with E-state index in [4.69, 9.17) is 0 Å². The summed E-state index contributed by atoms with van der Waals surface area (Å²) >= 11 is 10.7. The minimum absolute atomic E-state index is 0.322. The molecule has 1 nitrogen and oxygen atoms in total. The van der Waals surface area contributed by atoms with Gasteiger partial charge < -0.3 is 5.32 Å². The highest BCUT2D eigenvalue weighted by Crippen LogP contribution is 2.38. The zero-order valence-corrected chi connectivity index (χ0v) is 14.2. The normalized spacial score (nSPS) is 12.9. The van der Waals surface area contributed by atoms with Crippen LogP contribution in [0.4, 0.5) is 0 Å². The maximum atomic E-state index is 3.61. The van der Waals surface area contributed by atoms with Crippen LogP contribution in [0, 0.1) is 0 Å². The second-order valence-electron chi connectivity index (χ2n) is 3.67. The van der Waals surface area contributed by atoms with Crippen LogP contribution in [0.1, 0.15) is 29.1 Å². The maximum absolute atomic E-state index is 3.61. The monoisotopic (exact) mass is 393 g/mol. The van der Waals surface area contributed by atoms with E-state index >= 15 is 0 Å². The molecule has 0 radical (unpaired) electrons. The number of hydrogen-bond acceptors (Lipinski definition) is 3. The van der Waals surface area contributed by atoms with E-state index in [1.807, 2.05) is 0 Å². The van der Waals surface area contributed by atoms with Gasteiger partial charge in [0.05, 0.1) is 9.83 Å². The minimum Gasteiger partial charge on any atom is -0.305 e. The Kier molecular flexibility index (Phi) is 5.24. The first kappa shape index (κ1) is 13.7. The third kappa shape index (κ3) is 3.41. The molecule has 5 heteroatoms. The Morgan fingerprint density at radius 1 is 1.35 bits per heavy atom. The van der Waals surface area contributed by atoms with Crippen LogP contribution in [-0.4, -0.2) is 6.54 Å². The van der Waals surface area contributed by atoms with Crippen molar-refractivity contribution in [3.8, 4) is 0 Å². The molecule has 2 aromatic heterocycles. The Labute approximate surface area is 127 Å². The first-order valence-corrected chi connectivity index (χ1v) is 8.72. The quantitative estimate of drug-likeness (QED) is 0.713. The Morgan fingerprint density at radius 3 is 2.71 bits per heavy atom. The fourth-order valence-electron chi connectivity index (χ4n) is 1.59. The van der Waals surface area contributed by atoms with Gasteiger partial charge in [0, 0.05) is 14.2 Å². The molecule has 1 unspecified atom stereocenters. The maximum Gasteiger partial charge on any atom is 0.0843 e. The SMILES string of the molecule is CCCNC(c1cccs1)c1cc(Br)c(Br)s1. The standard InChI is InChI=1S/C12H13Br2NS2/c1-2-5-15-11(9-4-3-6-16-9)10-7-8(13)12(14)17-10/h3-4,6-7,11,15H,2,5H2,1H3. The summed E-state index contributed by atoms with van der Waals surface area (Å²) in [5.41, 5.74) is 0. The Balaban J connectivity index is 2.26. The molecule has 0 saturated heterocycles. The van der Waals surface area contributed by atoms with Crippen LogP contribution >= 0.6 is 54.5 Å². The van der Waals surface area contributed by atoms with Gasteiger partial charge in [-0.3, -0.25) is 0 Å². The molecule has 0 fully saturated rings. The third-order valence-electron chi connectivity index (χ3n) is 2.37. The van der Waals surface area contributed by atoms with Crippen molar-refractivity contribution in [1.29, 1.82) is 0 Å². The molecule has 92 valence electrons. The number of hydrogen-bond donors (Lipinski definition) is 1. The van der Waals surface area contributed by atoms with Crippen LogP contribution in [0.3, 0.4) is 0 Å². The topological polar surface area (TPSA) is 12.0 Å². The molecule has 0 aromatic carbocycles. The fraction of sp³-hybridized carbons (Fsp3) is 0.333. The summed E-state index contributed by atoms with van der Waals surface area (Å²) in [4.78, 5) is 2.72. The predicted molar refractivity (Wildman–Crippen MR) is 84.2 cm³/mol. The average Bonchev–Trinajstić information content (AvgIpc) is 2.92. The zero-order chi connectivity index (χ0) is 12.3. The molecule has 1 atom stereocenters. The summed E-state index contributed by atoms with van der Waals surface area (Å²) in [7, 11) is 0. The summed E-state index contributed by atoms with van der Waals surface area (Å²) in [5.74, 6) is 0. The molecule has 0 aliphatic carbocycles. The summed E-state index contributed by atoms with van der Waals surface area (Å²) in [6.07, 6.45) is 1.15. The van der Waals surface area contributed by atoms with Crippen molar-refractivity contribution in [3.05, 3.63) is 41.6 Å². The van der Waals surface area contributed by atoms with Gasteiger partial charge in [0.1, 0.15) is 0 Å². The molecule has 0 bridgehead atoms. The van der Waals surface area contributed by atoms with E-state index in [-0.39, 0.29) is 0 Å². The third-order valence-corrected chi connectivity index (χ3v) is 6.63. The summed E-state index contributed by atoms with van der Waals surface area (Å²) in [6.45, 7) is 3.23. The van der Waals surface area contributed by atoms with Gasteiger partial charge in [-0.15, -0.1) is 22.7 Å². The van der Waals surface area contributed by atoms with Crippen molar-refractivity contribution in [1.82, 2.24) is 5.32 Å². The smallest absolute Gasteiger partial charge is 0.0843 e. The Hall–Kier alpha value is 0.320. The lowest BCUT2D eigenvalue weighted by Gasteiger charge is -2.15. The lowest BCUT2D eigenvalue weighted by Crippen LogP contribution is -2.21. The van der Waals surface area contributed by atoms with Crippen molar-refractivity contribution < 1.29 is 0 Å². The van der Waals surface area contributed by atoms with Gasteiger partial charge in [-0.25, -0.2) is 0 Å². The first-order valence-electron chi connectivity index (χ1n) is 5.44. The number of thiophene rings is 2. The molecule has 0 aliphatic heterocycles. The summed E-state index contributed by atoms with van der Waals surface area (Å²) in [6, 6.07) is 6.82. The molecule has 0 aliphatic rings. The van der Waals surface area contributed by atoms with Crippen LogP contribution in [0.5, 0.6) is 0 Å². The van der Waals surface area contributed by atoms with Crippen molar-refractivity contribution in [2.45, 2.75) is 19.4 Å². The van der Waals surface area contributed by atoms with Gasteiger partial charge in [0.25, 0.3) is 0 Å². The fourth-order valence-corrected chi connectivity index (χ4v) is 4.67. The van der Waals surface area contributed by atoms with Gasteiger partial charge >= 0.3 is 0 Å². The molecule has 0 amide bonds. The zero-order valence-electron chi connectivity index (χ0n) is 9.37. The Bertz CT molecular complexity index is 445. The number of rotatable bonds is 5. The van der Waals surface area contributed by atoms with Crippen molar-refractivity contribution in [2.24, 2.45) is 0 Å². The molecule has 0 saturated carbocycles. The minimum atomic E-state index is 0.322. The number of nitrogens with one attached hydrogen (secondary N) is 1. The van der Waals surface area contributed by atoms with Gasteiger partial charge in [0.15, 0.2) is 0 Å². The van der Waals surface area contributed by atoms with Crippen LogP contribution < -0.4 is 5.32 Å². The van der Waals surface area contributed by atoms with E-state index in [0.717, 1.165) is 21.2 Å². The first-order chi connectivity index (χ1) is 8.22. The van der Waals surface area contributed by atoms with E-state index in [0.29, 0.717) is 6.04 Å². The summed E-state index contributed by atoms with van der Waals surface area (Å²) in [5, 5.41) is 5.74. The second-order valence-corrected chi connectivity index (χ2v) is 7.91. The van der Waals surface area contributed by atoms with Gasteiger partial charge in [-0.2, -0.15) is 0 Å². The van der Waals surface area contributed by atoms with Crippen LogP contribution in [0.2, 0.25) is 0 Å². The van der Waals surface area contributed by atoms with E-state index in [2.05, 4.69) is 67.7 Å². The summed E-state index contributed by atoms with van der Waals surface area (Å²) < 4.78 is 2.30. The van der Waals surface area contributed by atoms with Gasteiger partial charge in [0.2, 0.25) is 0 Å². The molecule has 2 heterocycles. The molecule has 17 heavy (non-hydrogen) atoms. The molecular weight excluding hydrogens is 382 g/mol. The Morgan fingerprint density at radius 2 is 2.18 bits per heavy atom. The van der Waals surface area contributed by atoms with E-state index < -0.39 is 0 Å². The van der Waals surface area contributed by atoms with Crippen LogP contribution in [0.25, 0.3) is 0 Å². The molecule has 1 N–H and O–H groups in total. The van der Waals surface area contributed by atoms with Crippen molar-refractivity contribution in [2.75, 3.05) is 6.54 Å². The van der Waals surface area contributed by atoms with Crippen molar-refractivity contribution >= 4 is 54.5 Å². The van der Waals surface area contributed by atoms with Crippen molar-refractivity contribution in [3.63, 3.8) is 0 Å². The molecular formula is C12H13Br2NS2. The lowest BCUT2D eigenvalue weighted by molar-refractivity contribution is 0.613. The highest BCUT2D eigenvalue weighted by Gasteiger charge is 2.17. The predicted octanol–water partition coefficient (Wildman–Crippen LogP) is 5.42. The average molecular weight is 395 g/mol. The van der Waals surface area contributed by atoms with E-state index in [1.165, 1.54) is 9.75 Å². The molecule has 0 spiro atoms. The second kappa shape index (κ2) is 6.48.